The van der Waals surface area contributed by atoms with Gasteiger partial charge in [0.15, 0.2) is 11.7 Å². The summed E-state index contributed by atoms with van der Waals surface area (Å²) in [6, 6.07) is 17.8. The van der Waals surface area contributed by atoms with Crippen molar-refractivity contribution >= 4 is 16.8 Å². The monoisotopic (exact) mass is 389 g/mol. The summed E-state index contributed by atoms with van der Waals surface area (Å²) in [5, 5.41) is 4.08. The number of amides is 1. The Bertz CT molecular complexity index is 1100. The van der Waals surface area contributed by atoms with Gasteiger partial charge in [-0.05, 0) is 24.3 Å². The molecule has 0 unspecified atom stereocenters. The number of hydrogen-bond donors (Lipinski definition) is 1. The maximum Gasteiger partial charge on any atom is 0.220 e. The van der Waals surface area contributed by atoms with Crippen molar-refractivity contribution < 1.29 is 13.9 Å². The lowest BCUT2D eigenvalue weighted by molar-refractivity contribution is -0.121. The molecule has 148 valence electrons. The minimum atomic E-state index is -0.0115. The van der Waals surface area contributed by atoms with E-state index in [1.165, 1.54) is 0 Å². The SMILES string of the molecule is COc1ccc2c(ccn2CCNC(=O)CCc2ncc(-c3ccccc3)o2)c1. The number of carbonyl (C=O) groups excluding carboxylic acids is 1. The number of fused-ring (bicyclic) bond motifs is 1. The third kappa shape index (κ3) is 4.48. The molecule has 4 aromatic rings. The Kier molecular flexibility index (Phi) is 5.61. The number of aromatic nitrogens is 2. The first-order valence-electron chi connectivity index (χ1n) is 9.62. The molecule has 0 radical (unpaired) electrons. The Morgan fingerprint density at radius 2 is 2.03 bits per heavy atom. The van der Waals surface area contributed by atoms with E-state index in [1.807, 2.05) is 60.8 Å². The van der Waals surface area contributed by atoms with Crippen LogP contribution >= 0.6 is 0 Å². The topological polar surface area (TPSA) is 69.3 Å². The number of carbonyl (C=O) groups is 1. The van der Waals surface area contributed by atoms with E-state index in [-0.39, 0.29) is 5.91 Å². The van der Waals surface area contributed by atoms with Crippen molar-refractivity contribution in [3.63, 3.8) is 0 Å². The molecule has 0 aliphatic rings. The third-order valence-electron chi connectivity index (χ3n) is 4.83. The number of nitrogens with one attached hydrogen (secondary N) is 1. The van der Waals surface area contributed by atoms with Crippen LogP contribution in [0.2, 0.25) is 0 Å². The predicted octanol–water partition coefficient (Wildman–Crippen LogP) is 4.05. The molecule has 0 bridgehead atoms. The van der Waals surface area contributed by atoms with Crippen LogP contribution in [0.15, 0.2) is 71.4 Å². The van der Waals surface area contributed by atoms with Gasteiger partial charge in [-0.1, -0.05) is 30.3 Å². The summed E-state index contributed by atoms with van der Waals surface area (Å²) < 4.78 is 13.1. The van der Waals surface area contributed by atoms with Crippen molar-refractivity contribution in [2.24, 2.45) is 0 Å². The highest BCUT2D eigenvalue weighted by Gasteiger charge is 2.09. The first-order valence-corrected chi connectivity index (χ1v) is 9.62. The molecule has 29 heavy (non-hydrogen) atoms. The average Bonchev–Trinajstić information content (AvgIpc) is 3.40. The molecule has 0 atom stereocenters. The van der Waals surface area contributed by atoms with Crippen LogP contribution in [0, 0.1) is 0 Å². The van der Waals surface area contributed by atoms with Crippen LogP contribution < -0.4 is 10.1 Å². The van der Waals surface area contributed by atoms with Gasteiger partial charge in [0.05, 0.1) is 13.3 Å². The molecule has 0 aliphatic carbocycles. The van der Waals surface area contributed by atoms with Gasteiger partial charge in [-0.15, -0.1) is 0 Å². The van der Waals surface area contributed by atoms with E-state index >= 15 is 0 Å². The molecule has 0 saturated heterocycles. The van der Waals surface area contributed by atoms with Gasteiger partial charge in [-0.25, -0.2) is 4.98 Å². The maximum absolute atomic E-state index is 12.2. The molecule has 6 nitrogen and oxygen atoms in total. The highest BCUT2D eigenvalue weighted by Crippen LogP contribution is 2.22. The number of hydrogen-bond acceptors (Lipinski definition) is 4. The van der Waals surface area contributed by atoms with Gasteiger partial charge < -0.3 is 19.0 Å². The molecule has 0 aliphatic heterocycles. The first kappa shape index (κ1) is 18.8. The van der Waals surface area contributed by atoms with Crippen molar-refractivity contribution in [2.75, 3.05) is 13.7 Å². The summed E-state index contributed by atoms with van der Waals surface area (Å²) in [6.45, 7) is 1.27. The highest BCUT2D eigenvalue weighted by molar-refractivity contribution is 5.81. The summed E-state index contributed by atoms with van der Waals surface area (Å²) in [6.07, 6.45) is 4.55. The van der Waals surface area contributed by atoms with Gasteiger partial charge in [-0.2, -0.15) is 0 Å². The number of nitrogens with zero attached hydrogens (tertiary/aromatic N) is 2. The van der Waals surface area contributed by atoms with Crippen molar-refractivity contribution in [2.45, 2.75) is 19.4 Å². The Hall–Kier alpha value is -3.54. The minimum absolute atomic E-state index is 0.0115. The van der Waals surface area contributed by atoms with Crippen molar-refractivity contribution in [1.29, 1.82) is 0 Å². The largest absolute Gasteiger partial charge is 0.497 e. The Balaban J connectivity index is 1.25. The number of ether oxygens (including phenoxy) is 1. The van der Waals surface area contributed by atoms with Gasteiger partial charge in [0.2, 0.25) is 5.91 Å². The van der Waals surface area contributed by atoms with E-state index in [2.05, 4.69) is 14.9 Å². The van der Waals surface area contributed by atoms with Gasteiger partial charge in [0.1, 0.15) is 5.75 Å². The lowest BCUT2D eigenvalue weighted by atomic mass is 10.2. The first-order chi connectivity index (χ1) is 14.2. The Morgan fingerprint density at radius 3 is 2.86 bits per heavy atom. The van der Waals surface area contributed by atoms with Crippen LogP contribution in [-0.4, -0.2) is 29.1 Å². The van der Waals surface area contributed by atoms with Crippen LogP contribution in [0.25, 0.3) is 22.2 Å². The van der Waals surface area contributed by atoms with Gasteiger partial charge in [0.25, 0.3) is 0 Å². The van der Waals surface area contributed by atoms with Crippen molar-refractivity contribution in [3.8, 4) is 17.1 Å². The second kappa shape index (κ2) is 8.65. The van der Waals surface area contributed by atoms with E-state index in [4.69, 9.17) is 9.15 Å². The molecular weight excluding hydrogens is 366 g/mol. The quantitative estimate of drug-likeness (QED) is 0.494. The molecule has 2 aromatic heterocycles. The van der Waals surface area contributed by atoms with Crippen LogP contribution in [-0.2, 0) is 17.8 Å². The summed E-state index contributed by atoms with van der Waals surface area (Å²) >= 11 is 0. The lowest BCUT2D eigenvalue weighted by Gasteiger charge is -2.08. The normalized spacial score (nSPS) is 10.9. The fraction of sp³-hybridized carbons (Fsp3) is 0.217. The number of benzene rings is 2. The summed E-state index contributed by atoms with van der Waals surface area (Å²) in [5.41, 5.74) is 2.10. The van der Waals surface area contributed by atoms with Crippen LogP contribution in [0.4, 0.5) is 0 Å². The second-order valence-corrected chi connectivity index (χ2v) is 6.77. The fourth-order valence-electron chi connectivity index (χ4n) is 3.29. The van der Waals surface area contributed by atoms with Gasteiger partial charge >= 0.3 is 0 Å². The molecule has 1 amide bonds. The summed E-state index contributed by atoms with van der Waals surface area (Å²) in [7, 11) is 1.66. The number of methoxy groups -OCH3 is 1. The van der Waals surface area contributed by atoms with Gasteiger partial charge in [0, 0.05) is 48.6 Å². The van der Waals surface area contributed by atoms with E-state index in [9.17, 15) is 4.79 Å². The Morgan fingerprint density at radius 1 is 1.17 bits per heavy atom. The molecule has 1 N–H and O–H groups in total. The summed E-state index contributed by atoms with van der Waals surface area (Å²) in [5.74, 6) is 2.12. The molecule has 2 heterocycles. The van der Waals surface area contributed by atoms with E-state index in [1.54, 1.807) is 13.3 Å². The van der Waals surface area contributed by atoms with E-state index in [0.29, 0.717) is 31.8 Å². The average molecular weight is 389 g/mol. The van der Waals surface area contributed by atoms with Crippen LogP contribution in [0.5, 0.6) is 5.75 Å². The zero-order valence-corrected chi connectivity index (χ0v) is 16.3. The zero-order chi connectivity index (χ0) is 20.1. The molecular formula is C23H23N3O3. The van der Waals surface area contributed by atoms with E-state index in [0.717, 1.165) is 28.0 Å². The predicted molar refractivity (Wildman–Crippen MR) is 112 cm³/mol. The molecule has 0 spiro atoms. The lowest BCUT2D eigenvalue weighted by Crippen LogP contribution is -2.27. The highest BCUT2D eigenvalue weighted by atomic mass is 16.5. The molecule has 0 saturated carbocycles. The summed E-state index contributed by atoms with van der Waals surface area (Å²) in [4.78, 5) is 16.4. The fourth-order valence-corrected chi connectivity index (χ4v) is 3.29. The zero-order valence-electron chi connectivity index (χ0n) is 16.3. The number of rotatable bonds is 8. The molecule has 2 aromatic carbocycles. The van der Waals surface area contributed by atoms with Crippen LogP contribution in [0.1, 0.15) is 12.3 Å². The van der Waals surface area contributed by atoms with Crippen LogP contribution in [0.3, 0.4) is 0 Å². The Labute approximate surface area is 169 Å². The molecule has 4 rings (SSSR count). The molecule has 6 heteroatoms. The smallest absolute Gasteiger partial charge is 0.220 e. The van der Waals surface area contributed by atoms with Crippen molar-refractivity contribution in [3.05, 3.63) is 72.9 Å². The third-order valence-corrected chi connectivity index (χ3v) is 4.83. The number of oxazole rings is 1. The maximum atomic E-state index is 12.2. The van der Waals surface area contributed by atoms with Crippen molar-refractivity contribution in [1.82, 2.24) is 14.9 Å². The standard InChI is InChI=1S/C23H23N3O3/c1-28-19-7-8-20-18(15-19)11-13-26(20)14-12-24-22(27)9-10-23-25-16-21(29-23)17-5-3-2-4-6-17/h2-8,11,13,15-16H,9-10,12,14H2,1H3,(H,24,27). The minimum Gasteiger partial charge on any atom is -0.497 e. The van der Waals surface area contributed by atoms with Gasteiger partial charge in [-0.3, -0.25) is 4.79 Å². The van der Waals surface area contributed by atoms with E-state index < -0.39 is 0 Å². The second-order valence-electron chi connectivity index (χ2n) is 6.77. The number of aryl methyl sites for hydroxylation is 1. The molecule has 0 fully saturated rings.